The lowest BCUT2D eigenvalue weighted by molar-refractivity contribution is 0.245. The molecule has 0 bridgehead atoms. The summed E-state index contributed by atoms with van der Waals surface area (Å²) in [7, 11) is 0. The molecule has 1 aliphatic carbocycles. The average Bonchev–Trinajstić information content (AvgIpc) is 3.25. The topological polar surface area (TPSA) is 49.5 Å². The molecule has 0 spiro atoms. The first-order valence-corrected chi connectivity index (χ1v) is 7.07. The fourth-order valence-corrected chi connectivity index (χ4v) is 2.50. The van der Waals surface area contributed by atoms with Crippen molar-refractivity contribution in [3.05, 3.63) is 59.7 Å². The third-order valence-corrected chi connectivity index (χ3v) is 3.72. The Hall–Kier alpha value is -2.00. The highest BCUT2D eigenvalue weighted by Gasteiger charge is 2.28. The molecule has 0 unspecified atom stereocenters. The Morgan fingerprint density at radius 2 is 1.70 bits per heavy atom. The van der Waals surface area contributed by atoms with Gasteiger partial charge in [-0.05, 0) is 48.2 Å². The van der Waals surface area contributed by atoms with Gasteiger partial charge in [-0.2, -0.15) is 0 Å². The molecule has 3 rings (SSSR count). The minimum absolute atomic E-state index is 0.339. The summed E-state index contributed by atoms with van der Waals surface area (Å²) in [6, 6.07) is 16.3. The van der Waals surface area contributed by atoms with Crippen LogP contribution in [-0.2, 0) is 13.1 Å². The van der Waals surface area contributed by atoms with Gasteiger partial charge < -0.3 is 10.8 Å². The monoisotopic (exact) mass is 268 g/mol. The maximum absolute atomic E-state index is 9.57. The second-order valence-corrected chi connectivity index (χ2v) is 5.55. The highest BCUT2D eigenvalue weighted by Crippen LogP contribution is 2.30. The summed E-state index contributed by atoms with van der Waals surface area (Å²) < 4.78 is 0. The summed E-state index contributed by atoms with van der Waals surface area (Å²) in [4.78, 5) is 2.47. The fourth-order valence-electron chi connectivity index (χ4n) is 2.50. The zero-order valence-corrected chi connectivity index (χ0v) is 11.5. The van der Waals surface area contributed by atoms with Gasteiger partial charge in [0.25, 0.3) is 0 Å². The van der Waals surface area contributed by atoms with Gasteiger partial charge in [-0.15, -0.1) is 0 Å². The number of aromatic hydroxyl groups is 1. The van der Waals surface area contributed by atoms with Crippen LogP contribution in [0.15, 0.2) is 48.5 Å². The number of nitrogens with two attached hydrogens (primary N) is 1. The van der Waals surface area contributed by atoms with Crippen molar-refractivity contribution in [2.24, 2.45) is 0 Å². The molecule has 2 aromatic rings. The van der Waals surface area contributed by atoms with E-state index in [-0.39, 0.29) is 0 Å². The Bertz CT molecular complexity index is 576. The Morgan fingerprint density at radius 3 is 2.35 bits per heavy atom. The van der Waals surface area contributed by atoms with Crippen LogP contribution in [0, 0.1) is 0 Å². The molecule has 0 aromatic heterocycles. The van der Waals surface area contributed by atoms with Crippen molar-refractivity contribution in [3.63, 3.8) is 0 Å². The van der Waals surface area contributed by atoms with Crippen molar-refractivity contribution in [1.82, 2.24) is 4.90 Å². The van der Waals surface area contributed by atoms with Gasteiger partial charge in [-0.3, -0.25) is 4.90 Å². The molecule has 0 atom stereocenters. The maximum atomic E-state index is 9.57. The summed E-state index contributed by atoms with van der Waals surface area (Å²) in [6.07, 6.45) is 2.54. The largest absolute Gasteiger partial charge is 0.508 e. The van der Waals surface area contributed by atoms with Crippen molar-refractivity contribution < 1.29 is 5.11 Å². The number of benzene rings is 2. The van der Waals surface area contributed by atoms with Crippen molar-refractivity contribution in [2.75, 3.05) is 5.73 Å². The lowest BCUT2D eigenvalue weighted by Crippen LogP contribution is -2.25. The molecule has 1 fully saturated rings. The van der Waals surface area contributed by atoms with Crippen LogP contribution >= 0.6 is 0 Å². The van der Waals surface area contributed by atoms with Crippen LogP contribution in [0.4, 0.5) is 5.69 Å². The molecule has 1 aliphatic rings. The standard InChI is InChI=1S/C17H20N2O/c18-15-6-4-13(5-7-15)11-19(16-8-9-16)12-14-2-1-3-17(20)10-14/h1-7,10,16,20H,8-9,11-12,18H2. The third kappa shape index (κ3) is 3.31. The molecule has 1 saturated carbocycles. The number of phenolic OH excluding ortho intramolecular Hbond substituents is 1. The van der Waals surface area contributed by atoms with E-state index in [9.17, 15) is 5.11 Å². The smallest absolute Gasteiger partial charge is 0.115 e. The summed E-state index contributed by atoms with van der Waals surface area (Å²) >= 11 is 0. The van der Waals surface area contributed by atoms with Gasteiger partial charge in [0.1, 0.15) is 5.75 Å². The van der Waals surface area contributed by atoms with Crippen LogP contribution in [0.5, 0.6) is 5.75 Å². The van der Waals surface area contributed by atoms with E-state index in [1.54, 1.807) is 6.07 Å². The lowest BCUT2D eigenvalue weighted by Gasteiger charge is -2.22. The molecule has 0 heterocycles. The molecule has 0 saturated heterocycles. The van der Waals surface area contributed by atoms with Gasteiger partial charge in [-0.1, -0.05) is 24.3 Å². The molecule has 20 heavy (non-hydrogen) atoms. The van der Waals surface area contributed by atoms with Crippen molar-refractivity contribution in [3.8, 4) is 5.75 Å². The zero-order chi connectivity index (χ0) is 13.9. The van der Waals surface area contributed by atoms with Gasteiger partial charge in [-0.25, -0.2) is 0 Å². The number of phenols is 1. The minimum Gasteiger partial charge on any atom is -0.508 e. The number of anilines is 1. The second-order valence-electron chi connectivity index (χ2n) is 5.55. The highest BCUT2D eigenvalue weighted by atomic mass is 16.3. The second kappa shape index (κ2) is 5.55. The number of hydrogen-bond donors (Lipinski definition) is 2. The Labute approximate surface area is 119 Å². The highest BCUT2D eigenvalue weighted by molar-refractivity contribution is 5.39. The Kier molecular flexibility index (Phi) is 3.61. The number of nitrogen functional groups attached to an aromatic ring is 1. The third-order valence-electron chi connectivity index (χ3n) is 3.72. The molecule has 3 N–H and O–H groups in total. The number of rotatable bonds is 5. The van der Waals surface area contributed by atoms with Crippen LogP contribution in [0.3, 0.4) is 0 Å². The van der Waals surface area contributed by atoms with Crippen LogP contribution in [-0.4, -0.2) is 16.0 Å². The minimum atomic E-state index is 0.339. The quantitative estimate of drug-likeness (QED) is 0.819. The van der Waals surface area contributed by atoms with Gasteiger partial charge >= 0.3 is 0 Å². The molecule has 2 aromatic carbocycles. The van der Waals surface area contributed by atoms with E-state index < -0.39 is 0 Å². The molecule has 104 valence electrons. The van der Waals surface area contributed by atoms with E-state index >= 15 is 0 Å². The molecule has 3 heteroatoms. The fraction of sp³-hybridized carbons (Fsp3) is 0.294. The van der Waals surface area contributed by atoms with E-state index in [0.29, 0.717) is 11.8 Å². The number of hydrogen-bond acceptors (Lipinski definition) is 3. The van der Waals surface area contributed by atoms with Crippen LogP contribution in [0.25, 0.3) is 0 Å². The first-order valence-electron chi connectivity index (χ1n) is 7.07. The van der Waals surface area contributed by atoms with Gasteiger partial charge in [0.15, 0.2) is 0 Å². The summed E-state index contributed by atoms with van der Waals surface area (Å²) in [5.41, 5.74) is 8.98. The maximum Gasteiger partial charge on any atom is 0.115 e. The predicted molar refractivity (Wildman–Crippen MR) is 81.2 cm³/mol. The summed E-state index contributed by atoms with van der Waals surface area (Å²) in [5, 5.41) is 9.57. The van der Waals surface area contributed by atoms with E-state index in [2.05, 4.69) is 23.1 Å². The molecular weight excluding hydrogens is 248 g/mol. The molecule has 0 radical (unpaired) electrons. The van der Waals surface area contributed by atoms with E-state index in [1.165, 1.54) is 18.4 Å². The predicted octanol–water partition coefficient (Wildman–Crippen LogP) is 3.14. The van der Waals surface area contributed by atoms with Crippen LogP contribution in [0.2, 0.25) is 0 Å². The Balaban J connectivity index is 1.71. The molecule has 0 aliphatic heterocycles. The van der Waals surface area contributed by atoms with Crippen LogP contribution in [0.1, 0.15) is 24.0 Å². The van der Waals surface area contributed by atoms with Crippen molar-refractivity contribution >= 4 is 5.69 Å². The average molecular weight is 268 g/mol. The molecular formula is C17H20N2O. The van der Waals surface area contributed by atoms with Crippen molar-refractivity contribution in [1.29, 1.82) is 0 Å². The lowest BCUT2D eigenvalue weighted by atomic mass is 10.1. The van der Waals surface area contributed by atoms with Crippen molar-refractivity contribution in [2.45, 2.75) is 32.0 Å². The number of nitrogens with zero attached hydrogens (tertiary/aromatic N) is 1. The van der Waals surface area contributed by atoms with Gasteiger partial charge in [0.05, 0.1) is 0 Å². The normalized spacial score (nSPS) is 14.7. The summed E-state index contributed by atoms with van der Waals surface area (Å²) in [5.74, 6) is 0.339. The first kappa shape index (κ1) is 13.0. The molecule has 3 nitrogen and oxygen atoms in total. The van der Waals surface area contributed by atoms with Gasteiger partial charge in [0.2, 0.25) is 0 Å². The SMILES string of the molecule is Nc1ccc(CN(Cc2cccc(O)c2)C2CC2)cc1. The first-order chi connectivity index (χ1) is 9.70. The van der Waals surface area contributed by atoms with E-state index in [0.717, 1.165) is 24.3 Å². The van der Waals surface area contributed by atoms with Crippen LogP contribution < -0.4 is 5.73 Å². The Morgan fingerprint density at radius 1 is 1.00 bits per heavy atom. The summed E-state index contributed by atoms with van der Waals surface area (Å²) in [6.45, 7) is 1.81. The van der Waals surface area contributed by atoms with E-state index in [1.807, 2.05) is 24.3 Å². The van der Waals surface area contributed by atoms with Gasteiger partial charge in [0, 0.05) is 24.8 Å². The zero-order valence-electron chi connectivity index (χ0n) is 11.5. The van der Waals surface area contributed by atoms with E-state index in [4.69, 9.17) is 5.73 Å². The molecule has 0 amide bonds.